The Morgan fingerprint density at radius 3 is 2.38 bits per heavy atom. The summed E-state index contributed by atoms with van der Waals surface area (Å²) in [6.45, 7) is 5.38. The maximum absolute atomic E-state index is 13.0. The van der Waals surface area contributed by atoms with E-state index >= 15 is 0 Å². The van der Waals surface area contributed by atoms with Gasteiger partial charge in [0.05, 0.1) is 23.4 Å². The van der Waals surface area contributed by atoms with Gasteiger partial charge in [0.1, 0.15) is 0 Å². The number of amides is 1. The van der Waals surface area contributed by atoms with Crippen molar-refractivity contribution in [1.82, 2.24) is 9.78 Å². The van der Waals surface area contributed by atoms with Crippen molar-refractivity contribution in [3.8, 4) is 0 Å². The molecule has 0 saturated heterocycles. The van der Waals surface area contributed by atoms with Crippen LogP contribution in [0.25, 0.3) is 10.8 Å². The van der Waals surface area contributed by atoms with E-state index < -0.39 is 15.9 Å². The second-order valence-electron chi connectivity index (χ2n) is 7.10. The summed E-state index contributed by atoms with van der Waals surface area (Å²) in [7, 11) is -3.46. The highest BCUT2D eigenvalue weighted by Crippen LogP contribution is 2.22. The van der Waals surface area contributed by atoms with E-state index in [1.165, 1.54) is 10.7 Å². The number of hydrogen-bond donors (Lipinski definition) is 2. The molecule has 1 amide bonds. The summed E-state index contributed by atoms with van der Waals surface area (Å²) in [6.07, 6.45) is 1.06. The molecular weight excluding hydrogens is 392 g/mol. The van der Waals surface area contributed by atoms with Crippen LogP contribution in [-0.2, 0) is 10.0 Å². The van der Waals surface area contributed by atoms with Crippen molar-refractivity contribution >= 4 is 38.1 Å². The first kappa shape index (κ1) is 20.5. The molecule has 3 aromatic rings. The standard InChI is InChI=1S/C20H22N4O4S/c1-12(2)24-20(26)16-8-6-5-7-15(16)18(22-24)19(25)21-14-10-9-13(3)17(11-14)23-29(4,27)28/h5-12,23H,1-4H3,(H,21,25). The van der Waals surface area contributed by atoms with Gasteiger partial charge in [0, 0.05) is 11.1 Å². The lowest BCUT2D eigenvalue weighted by Gasteiger charge is -2.14. The summed E-state index contributed by atoms with van der Waals surface area (Å²) in [5.74, 6) is -0.496. The zero-order valence-corrected chi connectivity index (χ0v) is 17.4. The minimum atomic E-state index is -3.46. The van der Waals surface area contributed by atoms with Crippen LogP contribution in [0.5, 0.6) is 0 Å². The largest absolute Gasteiger partial charge is 0.321 e. The molecule has 8 nitrogen and oxygen atoms in total. The van der Waals surface area contributed by atoms with Gasteiger partial charge in [-0.15, -0.1) is 0 Å². The summed E-state index contributed by atoms with van der Waals surface area (Å²) >= 11 is 0. The molecule has 0 atom stereocenters. The van der Waals surface area contributed by atoms with Gasteiger partial charge in [0.15, 0.2) is 5.69 Å². The van der Waals surface area contributed by atoms with Crippen molar-refractivity contribution in [2.45, 2.75) is 26.8 Å². The molecule has 3 rings (SSSR count). The van der Waals surface area contributed by atoms with Gasteiger partial charge in [-0.25, -0.2) is 13.1 Å². The molecule has 1 heterocycles. The first-order valence-corrected chi connectivity index (χ1v) is 10.9. The monoisotopic (exact) mass is 414 g/mol. The zero-order chi connectivity index (χ0) is 21.3. The Morgan fingerprint density at radius 2 is 1.76 bits per heavy atom. The number of nitrogens with one attached hydrogen (secondary N) is 2. The van der Waals surface area contributed by atoms with Crippen molar-refractivity contribution in [3.63, 3.8) is 0 Å². The van der Waals surface area contributed by atoms with Crippen LogP contribution in [0.4, 0.5) is 11.4 Å². The highest BCUT2D eigenvalue weighted by Gasteiger charge is 2.18. The maximum Gasteiger partial charge on any atom is 0.276 e. The highest BCUT2D eigenvalue weighted by atomic mass is 32.2. The average Bonchev–Trinajstić information content (AvgIpc) is 2.63. The number of benzene rings is 2. The summed E-state index contributed by atoms with van der Waals surface area (Å²) in [6, 6.07) is 11.5. The van der Waals surface area contributed by atoms with Crippen LogP contribution in [0.1, 0.15) is 35.9 Å². The van der Waals surface area contributed by atoms with E-state index in [9.17, 15) is 18.0 Å². The molecule has 0 aliphatic carbocycles. The summed E-state index contributed by atoms with van der Waals surface area (Å²) in [5.41, 5.74) is 1.34. The molecule has 1 aromatic heterocycles. The number of aromatic nitrogens is 2. The topological polar surface area (TPSA) is 110 Å². The molecule has 29 heavy (non-hydrogen) atoms. The molecule has 0 unspecified atom stereocenters. The van der Waals surface area contributed by atoms with Crippen molar-refractivity contribution in [1.29, 1.82) is 0 Å². The Morgan fingerprint density at radius 1 is 1.10 bits per heavy atom. The molecule has 2 aromatic carbocycles. The van der Waals surface area contributed by atoms with E-state index in [1.54, 1.807) is 43.3 Å². The molecule has 2 N–H and O–H groups in total. The summed E-state index contributed by atoms with van der Waals surface area (Å²) in [4.78, 5) is 25.6. The van der Waals surface area contributed by atoms with E-state index in [0.29, 0.717) is 27.7 Å². The van der Waals surface area contributed by atoms with E-state index in [2.05, 4.69) is 15.1 Å². The smallest absolute Gasteiger partial charge is 0.276 e. The molecule has 0 saturated carbocycles. The molecule has 0 bridgehead atoms. The Hall–Kier alpha value is -3.20. The van der Waals surface area contributed by atoms with E-state index in [0.717, 1.165) is 6.26 Å². The number of fused-ring (bicyclic) bond motifs is 1. The van der Waals surface area contributed by atoms with Gasteiger partial charge in [-0.1, -0.05) is 24.3 Å². The molecule has 0 radical (unpaired) electrons. The number of carbonyl (C=O) groups excluding carboxylic acids is 1. The molecule has 0 aliphatic rings. The highest BCUT2D eigenvalue weighted by molar-refractivity contribution is 7.92. The van der Waals surface area contributed by atoms with Crippen LogP contribution in [0.3, 0.4) is 0 Å². The Labute approximate surface area is 168 Å². The maximum atomic E-state index is 13.0. The molecule has 0 spiro atoms. The Kier molecular flexibility index (Phi) is 5.43. The lowest BCUT2D eigenvalue weighted by molar-refractivity contribution is 0.102. The van der Waals surface area contributed by atoms with Gasteiger partial charge in [-0.3, -0.25) is 14.3 Å². The van der Waals surface area contributed by atoms with Gasteiger partial charge in [-0.05, 0) is 44.5 Å². The SMILES string of the molecule is Cc1ccc(NC(=O)c2nn(C(C)C)c(=O)c3ccccc23)cc1NS(C)(=O)=O. The van der Waals surface area contributed by atoms with Gasteiger partial charge >= 0.3 is 0 Å². The first-order valence-electron chi connectivity index (χ1n) is 8.98. The minimum Gasteiger partial charge on any atom is -0.321 e. The fourth-order valence-electron chi connectivity index (χ4n) is 2.92. The predicted octanol–water partition coefficient (Wildman–Crippen LogP) is 2.91. The van der Waals surface area contributed by atoms with Crippen LogP contribution in [-0.4, -0.2) is 30.4 Å². The second kappa shape index (κ2) is 7.67. The third-order valence-corrected chi connectivity index (χ3v) is 4.91. The van der Waals surface area contributed by atoms with Crippen LogP contribution < -0.4 is 15.6 Å². The van der Waals surface area contributed by atoms with Crippen molar-refractivity contribution in [3.05, 3.63) is 64.1 Å². The van der Waals surface area contributed by atoms with Crippen LogP contribution in [0, 0.1) is 6.92 Å². The van der Waals surface area contributed by atoms with Gasteiger partial charge in [0.25, 0.3) is 11.5 Å². The number of aryl methyl sites for hydroxylation is 1. The summed E-state index contributed by atoms with van der Waals surface area (Å²) in [5, 5.41) is 7.87. The predicted molar refractivity (Wildman–Crippen MR) is 114 cm³/mol. The van der Waals surface area contributed by atoms with E-state index in [4.69, 9.17) is 0 Å². The number of rotatable bonds is 5. The Balaban J connectivity index is 2.04. The third-order valence-electron chi connectivity index (χ3n) is 4.32. The van der Waals surface area contributed by atoms with Crippen LogP contribution in [0.15, 0.2) is 47.3 Å². The van der Waals surface area contributed by atoms with Gasteiger partial charge in [-0.2, -0.15) is 5.10 Å². The number of anilines is 2. The first-order chi connectivity index (χ1) is 13.6. The average molecular weight is 414 g/mol. The van der Waals surface area contributed by atoms with E-state index in [-0.39, 0.29) is 17.3 Å². The second-order valence-corrected chi connectivity index (χ2v) is 8.84. The number of carbonyl (C=O) groups is 1. The molecule has 0 aliphatic heterocycles. The van der Waals surface area contributed by atoms with E-state index in [1.807, 2.05) is 13.8 Å². The molecule has 152 valence electrons. The minimum absolute atomic E-state index is 0.118. The molecular formula is C20H22N4O4S. The number of hydrogen-bond acceptors (Lipinski definition) is 5. The lowest BCUT2D eigenvalue weighted by Crippen LogP contribution is -2.28. The number of sulfonamides is 1. The van der Waals surface area contributed by atoms with Crippen LogP contribution >= 0.6 is 0 Å². The fraction of sp³-hybridized carbons (Fsp3) is 0.250. The quantitative estimate of drug-likeness (QED) is 0.667. The lowest BCUT2D eigenvalue weighted by atomic mass is 10.1. The Bertz CT molecular complexity index is 1260. The normalized spacial score (nSPS) is 11.6. The van der Waals surface area contributed by atoms with Crippen molar-refractivity contribution < 1.29 is 13.2 Å². The molecule has 0 fully saturated rings. The summed E-state index contributed by atoms with van der Waals surface area (Å²) < 4.78 is 26.8. The van der Waals surface area contributed by atoms with Gasteiger partial charge in [0.2, 0.25) is 10.0 Å². The van der Waals surface area contributed by atoms with Crippen LogP contribution in [0.2, 0.25) is 0 Å². The third kappa shape index (κ3) is 4.45. The molecule has 9 heteroatoms. The number of nitrogens with zero attached hydrogens (tertiary/aromatic N) is 2. The van der Waals surface area contributed by atoms with Crippen molar-refractivity contribution in [2.75, 3.05) is 16.3 Å². The zero-order valence-electron chi connectivity index (χ0n) is 16.6. The fourth-order valence-corrected chi connectivity index (χ4v) is 3.54. The van der Waals surface area contributed by atoms with Gasteiger partial charge < -0.3 is 5.32 Å². The van der Waals surface area contributed by atoms with Crippen molar-refractivity contribution in [2.24, 2.45) is 0 Å².